The number of rotatable bonds is 2. The van der Waals surface area contributed by atoms with Crippen molar-refractivity contribution < 1.29 is 8.42 Å². The molecule has 5 heteroatoms. The van der Waals surface area contributed by atoms with Crippen molar-refractivity contribution in [2.75, 3.05) is 0 Å². The molecule has 1 heterocycles. The van der Waals surface area contributed by atoms with Crippen molar-refractivity contribution in [1.29, 1.82) is 0 Å². The molecular weight excluding hydrogens is 212 g/mol. The maximum absolute atomic E-state index is 12.1. The Balaban J connectivity index is 2.60. The zero-order chi connectivity index (χ0) is 10.9. The first-order chi connectivity index (χ1) is 7.12. The van der Waals surface area contributed by atoms with E-state index < -0.39 is 9.84 Å². The fourth-order valence-corrected chi connectivity index (χ4v) is 2.76. The summed E-state index contributed by atoms with van der Waals surface area (Å²) in [7, 11) is -3.42. The smallest absolute Gasteiger partial charge is 0.209 e. The Labute approximate surface area is 87.9 Å². The van der Waals surface area contributed by atoms with E-state index >= 15 is 0 Å². The van der Waals surface area contributed by atoms with Gasteiger partial charge in [-0.15, -0.1) is 0 Å². The highest BCUT2D eigenvalue weighted by molar-refractivity contribution is 7.91. The molecule has 1 aromatic carbocycles. The van der Waals surface area contributed by atoms with E-state index in [1.54, 1.807) is 37.3 Å². The summed E-state index contributed by atoms with van der Waals surface area (Å²) in [6.07, 6.45) is 1.40. The third-order valence-corrected chi connectivity index (χ3v) is 4.01. The lowest BCUT2D eigenvalue weighted by atomic mass is 10.4. The van der Waals surface area contributed by atoms with Crippen LogP contribution >= 0.6 is 0 Å². The Kier molecular flexibility index (Phi) is 2.32. The molecule has 15 heavy (non-hydrogen) atoms. The van der Waals surface area contributed by atoms with Crippen LogP contribution in [0.25, 0.3) is 0 Å². The van der Waals surface area contributed by atoms with Gasteiger partial charge in [0.2, 0.25) is 9.84 Å². The quantitative estimate of drug-likeness (QED) is 0.838. The molecule has 0 saturated carbocycles. The average Bonchev–Trinajstić information content (AvgIpc) is 2.66. The van der Waals surface area contributed by atoms with Crippen molar-refractivity contribution in [3.05, 3.63) is 42.2 Å². The average molecular weight is 222 g/mol. The molecule has 0 amide bonds. The zero-order valence-corrected chi connectivity index (χ0v) is 8.95. The molecule has 78 valence electrons. The summed E-state index contributed by atoms with van der Waals surface area (Å²) in [5.41, 5.74) is 0.485. The molecule has 1 aromatic heterocycles. The molecule has 0 saturated heterocycles. The van der Waals surface area contributed by atoms with Gasteiger partial charge in [0.15, 0.2) is 0 Å². The van der Waals surface area contributed by atoms with E-state index in [0.717, 1.165) is 0 Å². The van der Waals surface area contributed by atoms with Crippen molar-refractivity contribution in [2.45, 2.75) is 16.7 Å². The van der Waals surface area contributed by atoms with E-state index in [-0.39, 0.29) is 9.79 Å². The first-order valence-corrected chi connectivity index (χ1v) is 5.91. The van der Waals surface area contributed by atoms with E-state index in [1.807, 2.05) is 0 Å². The third-order valence-electron chi connectivity index (χ3n) is 2.13. The van der Waals surface area contributed by atoms with Crippen LogP contribution in [-0.2, 0) is 9.84 Å². The second-order valence-corrected chi connectivity index (χ2v) is 5.07. The molecule has 2 aromatic rings. The Hall–Kier alpha value is -1.62. The van der Waals surface area contributed by atoms with Crippen LogP contribution in [0.2, 0.25) is 0 Å². The van der Waals surface area contributed by atoms with Gasteiger partial charge in [0.05, 0.1) is 10.6 Å². The van der Waals surface area contributed by atoms with Gasteiger partial charge in [0.25, 0.3) is 0 Å². The number of hydrogen-bond acceptors (Lipinski definition) is 3. The summed E-state index contributed by atoms with van der Waals surface area (Å²) in [6.45, 7) is 1.66. The van der Waals surface area contributed by atoms with Crippen molar-refractivity contribution >= 4 is 9.84 Å². The SMILES string of the molecule is Cc1n[nH]cc1S(=O)(=O)c1ccccc1. The fourth-order valence-electron chi connectivity index (χ4n) is 1.35. The molecule has 2 rings (SSSR count). The molecule has 0 unspecified atom stereocenters. The normalized spacial score (nSPS) is 11.5. The molecule has 0 bridgehead atoms. The number of benzene rings is 1. The molecule has 0 spiro atoms. The largest absolute Gasteiger partial charge is 0.284 e. The first-order valence-electron chi connectivity index (χ1n) is 4.43. The lowest BCUT2D eigenvalue weighted by Gasteiger charge is -2.01. The van der Waals surface area contributed by atoms with Crippen LogP contribution in [0, 0.1) is 6.92 Å². The standard InChI is InChI=1S/C10H10N2O2S/c1-8-10(7-11-12-8)15(13,14)9-5-3-2-4-6-9/h2-7H,1H3,(H,11,12). The van der Waals surface area contributed by atoms with Gasteiger partial charge in [-0.1, -0.05) is 18.2 Å². The van der Waals surface area contributed by atoms with E-state index in [4.69, 9.17) is 0 Å². The van der Waals surface area contributed by atoms with Crippen LogP contribution in [0.3, 0.4) is 0 Å². The first kappa shape index (κ1) is 9.92. The van der Waals surface area contributed by atoms with Crippen LogP contribution in [0.4, 0.5) is 0 Å². The summed E-state index contributed by atoms with van der Waals surface area (Å²) in [5, 5.41) is 6.35. The number of H-pyrrole nitrogens is 1. The maximum Gasteiger partial charge on any atom is 0.209 e. The van der Waals surface area contributed by atoms with Crippen LogP contribution < -0.4 is 0 Å². The number of aryl methyl sites for hydroxylation is 1. The molecular formula is C10H10N2O2S. The number of aromatic amines is 1. The second kappa shape index (κ2) is 3.51. The highest BCUT2D eigenvalue weighted by atomic mass is 32.2. The molecule has 0 aliphatic heterocycles. The summed E-state index contributed by atoms with van der Waals surface area (Å²) >= 11 is 0. The number of hydrogen-bond donors (Lipinski definition) is 1. The number of aromatic nitrogens is 2. The highest BCUT2D eigenvalue weighted by Gasteiger charge is 2.20. The number of sulfone groups is 1. The molecule has 0 radical (unpaired) electrons. The van der Waals surface area contributed by atoms with Gasteiger partial charge in [-0.25, -0.2) is 8.42 Å². The lowest BCUT2D eigenvalue weighted by Crippen LogP contribution is -2.02. The summed E-state index contributed by atoms with van der Waals surface area (Å²) < 4.78 is 24.1. The summed E-state index contributed by atoms with van der Waals surface area (Å²) in [6, 6.07) is 8.31. The Morgan fingerprint density at radius 1 is 1.20 bits per heavy atom. The molecule has 0 fully saturated rings. The zero-order valence-electron chi connectivity index (χ0n) is 8.14. The van der Waals surface area contributed by atoms with Crippen LogP contribution in [0.1, 0.15) is 5.69 Å². The second-order valence-electron chi connectivity index (χ2n) is 3.15. The molecule has 0 atom stereocenters. The monoisotopic (exact) mass is 222 g/mol. The van der Waals surface area contributed by atoms with Gasteiger partial charge in [0, 0.05) is 6.20 Å². The van der Waals surface area contributed by atoms with Crippen molar-refractivity contribution in [2.24, 2.45) is 0 Å². The summed E-state index contributed by atoms with van der Waals surface area (Å²) in [5.74, 6) is 0. The Bertz CT molecular complexity index is 558. The predicted molar refractivity (Wildman–Crippen MR) is 55.2 cm³/mol. The molecule has 0 aliphatic rings. The molecule has 1 N–H and O–H groups in total. The van der Waals surface area contributed by atoms with Crippen LogP contribution in [0.15, 0.2) is 46.3 Å². The minimum absolute atomic E-state index is 0.230. The van der Waals surface area contributed by atoms with Crippen LogP contribution in [0.5, 0.6) is 0 Å². The van der Waals surface area contributed by atoms with Gasteiger partial charge in [-0.2, -0.15) is 5.10 Å². The van der Waals surface area contributed by atoms with Gasteiger partial charge < -0.3 is 0 Å². The lowest BCUT2D eigenvalue weighted by molar-refractivity contribution is 0.595. The third kappa shape index (κ3) is 1.66. The van der Waals surface area contributed by atoms with E-state index in [0.29, 0.717) is 5.69 Å². The molecule has 4 nitrogen and oxygen atoms in total. The number of nitrogens with one attached hydrogen (secondary N) is 1. The van der Waals surface area contributed by atoms with E-state index in [1.165, 1.54) is 6.20 Å². The Morgan fingerprint density at radius 2 is 1.87 bits per heavy atom. The maximum atomic E-state index is 12.1. The van der Waals surface area contributed by atoms with Crippen molar-refractivity contribution in [3.63, 3.8) is 0 Å². The number of nitrogens with zero attached hydrogens (tertiary/aromatic N) is 1. The van der Waals surface area contributed by atoms with Gasteiger partial charge in [-0.05, 0) is 19.1 Å². The van der Waals surface area contributed by atoms with Crippen molar-refractivity contribution in [3.8, 4) is 0 Å². The minimum atomic E-state index is -3.42. The van der Waals surface area contributed by atoms with Gasteiger partial charge >= 0.3 is 0 Å². The van der Waals surface area contributed by atoms with Crippen molar-refractivity contribution in [1.82, 2.24) is 10.2 Å². The van der Waals surface area contributed by atoms with E-state index in [9.17, 15) is 8.42 Å². The topological polar surface area (TPSA) is 62.8 Å². The fraction of sp³-hybridized carbons (Fsp3) is 0.100. The summed E-state index contributed by atoms with van der Waals surface area (Å²) in [4.78, 5) is 0.517. The van der Waals surface area contributed by atoms with E-state index in [2.05, 4.69) is 10.2 Å². The molecule has 0 aliphatic carbocycles. The predicted octanol–water partition coefficient (Wildman–Crippen LogP) is 1.55. The minimum Gasteiger partial charge on any atom is -0.284 e. The highest BCUT2D eigenvalue weighted by Crippen LogP contribution is 2.21. The van der Waals surface area contributed by atoms with Crippen LogP contribution in [-0.4, -0.2) is 18.6 Å². The van der Waals surface area contributed by atoms with Gasteiger partial charge in [-0.3, -0.25) is 5.10 Å². The Morgan fingerprint density at radius 3 is 2.40 bits per heavy atom. The van der Waals surface area contributed by atoms with Gasteiger partial charge in [0.1, 0.15) is 4.90 Å².